The van der Waals surface area contributed by atoms with E-state index in [1.54, 1.807) is 30.3 Å². The summed E-state index contributed by atoms with van der Waals surface area (Å²) in [6.45, 7) is 0.0341. The first-order chi connectivity index (χ1) is 11.6. The van der Waals surface area contributed by atoms with Gasteiger partial charge >= 0.3 is 5.97 Å². The van der Waals surface area contributed by atoms with Crippen molar-refractivity contribution >= 4 is 11.8 Å². The fraction of sp³-hybridized carbons (Fsp3) is 0.294. The quantitative estimate of drug-likeness (QED) is 0.673. The number of carbonyl (C=O) groups excluding carboxylic acids is 2. The molecule has 1 N–H and O–H groups in total. The van der Waals surface area contributed by atoms with Crippen molar-refractivity contribution in [1.82, 2.24) is 0 Å². The first kappa shape index (κ1) is 14.8. The van der Waals surface area contributed by atoms with Gasteiger partial charge in [-0.2, -0.15) is 0 Å². The lowest BCUT2D eigenvalue weighted by Crippen LogP contribution is -2.29. The number of carbonyl (C=O) groups is 2. The molecule has 2 aromatic rings. The van der Waals surface area contributed by atoms with Crippen LogP contribution in [0.3, 0.4) is 0 Å². The smallest absolute Gasteiger partial charge is 0.312 e. The number of ketones is 1. The average Bonchev–Trinajstić information content (AvgIpc) is 3.33. The molecule has 2 aliphatic heterocycles. The van der Waals surface area contributed by atoms with Gasteiger partial charge in [-0.15, -0.1) is 0 Å². The van der Waals surface area contributed by atoms with E-state index in [-0.39, 0.29) is 24.9 Å². The highest BCUT2D eigenvalue weighted by atomic mass is 16.7. The van der Waals surface area contributed by atoms with Crippen LogP contribution in [0.5, 0.6) is 11.5 Å². The van der Waals surface area contributed by atoms with Crippen LogP contribution in [0.1, 0.15) is 22.2 Å². The second kappa shape index (κ2) is 5.68. The number of Topliss-reactive ketones (excluding diaryl/α,β-unsaturated/α-hetero) is 1. The van der Waals surface area contributed by atoms with Gasteiger partial charge < -0.3 is 23.7 Å². The average molecular weight is 330 g/mol. The maximum Gasteiger partial charge on any atom is 0.312 e. The molecule has 3 heterocycles. The Kier molecular flexibility index (Phi) is 3.50. The van der Waals surface area contributed by atoms with Gasteiger partial charge in [0.1, 0.15) is 24.4 Å². The minimum Gasteiger partial charge on any atom is -0.467 e. The van der Waals surface area contributed by atoms with Crippen LogP contribution in [-0.4, -0.2) is 30.3 Å². The highest BCUT2D eigenvalue weighted by Crippen LogP contribution is 2.38. The van der Waals surface area contributed by atoms with E-state index >= 15 is 0 Å². The lowest BCUT2D eigenvalue weighted by atomic mass is 9.83. The molecule has 0 radical (unpaired) electrons. The van der Waals surface area contributed by atoms with Crippen molar-refractivity contribution < 1.29 is 33.3 Å². The van der Waals surface area contributed by atoms with E-state index < -0.39 is 23.9 Å². The number of aliphatic hydroxyl groups excluding tert-OH is 1. The molecule has 4 rings (SSSR count). The summed E-state index contributed by atoms with van der Waals surface area (Å²) in [7, 11) is 0. The monoisotopic (exact) mass is 330 g/mol. The fourth-order valence-corrected chi connectivity index (χ4v) is 3.02. The van der Waals surface area contributed by atoms with Crippen molar-refractivity contribution in [3.8, 4) is 11.5 Å². The van der Waals surface area contributed by atoms with E-state index in [1.165, 1.54) is 6.26 Å². The molecule has 24 heavy (non-hydrogen) atoms. The molecule has 0 amide bonds. The molecule has 7 heteroatoms. The predicted octanol–water partition coefficient (Wildman–Crippen LogP) is 1.71. The number of esters is 1. The largest absolute Gasteiger partial charge is 0.467 e. The molecule has 124 valence electrons. The predicted molar refractivity (Wildman–Crippen MR) is 78.5 cm³/mol. The first-order valence-corrected chi connectivity index (χ1v) is 7.47. The summed E-state index contributed by atoms with van der Waals surface area (Å²) in [6, 6.07) is 7.98. The zero-order valence-corrected chi connectivity index (χ0v) is 12.5. The Hall–Kier alpha value is -2.80. The van der Waals surface area contributed by atoms with Gasteiger partial charge in [0.25, 0.3) is 0 Å². The third-order valence-corrected chi connectivity index (χ3v) is 4.28. The molecule has 3 atom stereocenters. The van der Waals surface area contributed by atoms with Crippen molar-refractivity contribution in [3.63, 3.8) is 0 Å². The number of cyclic esters (lactones) is 1. The molecule has 0 spiro atoms. The van der Waals surface area contributed by atoms with E-state index in [2.05, 4.69) is 0 Å². The number of aliphatic hydroxyl groups is 1. The lowest BCUT2D eigenvalue weighted by Gasteiger charge is -2.18. The van der Waals surface area contributed by atoms with Crippen LogP contribution in [0, 0.1) is 11.8 Å². The molecule has 0 saturated carbocycles. The summed E-state index contributed by atoms with van der Waals surface area (Å²) in [5, 5.41) is 10.4. The van der Waals surface area contributed by atoms with E-state index in [0.717, 1.165) is 0 Å². The van der Waals surface area contributed by atoms with Gasteiger partial charge in [-0.1, -0.05) is 0 Å². The van der Waals surface area contributed by atoms with Gasteiger partial charge in [-0.3, -0.25) is 9.59 Å². The minimum absolute atomic E-state index is 0.0749. The number of rotatable bonds is 4. The Morgan fingerprint density at radius 3 is 2.79 bits per heavy atom. The van der Waals surface area contributed by atoms with Crippen LogP contribution in [-0.2, 0) is 9.53 Å². The summed E-state index contributed by atoms with van der Waals surface area (Å²) in [5.74, 6) is -1.44. The number of hydrogen-bond acceptors (Lipinski definition) is 7. The Morgan fingerprint density at radius 1 is 1.17 bits per heavy atom. The lowest BCUT2D eigenvalue weighted by molar-refractivity contribution is -0.144. The third-order valence-electron chi connectivity index (χ3n) is 4.28. The van der Waals surface area contributed by atoms with Crippen LogP contribution in [0.4, 0.5) is 0 Å². The highest BCUT2D eigenvalue weighted by molar-refractivity contribution is 6.01. The topological polar surface area (TPSA) is 95.2 Å². The number of furan rings is 1. The molecular formula is C17H14O7. The van der Waals surface area contributed by atoms with Crippen molar-refractivity contribution in [2.45, 2.75) is 6.10 Å². The SMILES string of the molecule is O=C1OC[C@H](C(=O)c2ccc3c(c2)OCO3)[C@H]1[C@@H](O)c1ccco1. The Morgan fingerprint density at radius 2 is 2.00 bits per heavy atom. The summed E-state index contributed by atoms with van der Waals surface area (Å²) >= 11 is 0. The van der Waals surface area contributed by atoms with E-state index in [1.807, 2.05) is 0 Å². The van der Waals surface area contributed by atoms with Crippen molar-refractivity contribution in [2.75, 3.05) is 13.4 Å². The summed E-state index contributed by atoms with van der Waals surface area (Å²) in [4.78, 5) is 24.8. The van der Waals surface area contributed by atoms with E-state index in [4.69, 9.17) is 18.6 Å². The Bertz CT molecular complexity index is 780. The minimum atomic E-state index is -1.24. The van der Waals surface area contributed by atoms with Crippen LogP contribution >= 0.6 is 0 Å². The van der Waals surface area contributed by atoms with Crippen molar-refractivity contribution in [1.29, 1.82) is 0 Å². The molecule has 1 fully saturated rings. The Labute approximate surface area is 136 Å². The number of hydrogen-bond donors (Lipinski definition) is 1. The van der Waals surface area contributed by atoms with Crippen LogP contribution in [0.2, 0.25) is 0 Å². The van der Waals surface area contributed by atoms with Crippen molar-refractivity contribution in [2.24, 2.45) is 11.8 Å². The molecule has 0 bridgehead atoms. The van der Waals surface area contributed by atoms with Gasteiger partial charge in [0, 0.05) is 5.56 Å². The van der Waals surface area contributed by atoms with E-state index in [0.29, 0.717) is 17.1 Å². The van der Waals surface area contributed by atoms with Gasteiger partial charge in [0.05, 0.1) is 12.2 Å². The summed E-state index contributed by atoms with van der Waals surface area (Å²) in [5.41, 5.74) is 0.374. The molecule has 0 unspecified atom stereocenters. The molecule has 0 aliphatic carbocycles. The normalized spacial score (nSPS) is 23.1. The second-order valence-electron chi connectivity index (χ2n) is 5.65. The standard InChI is InChI=1S/C17H14O7/c18-15(9-3-4-11-13(6-9)24-8-23-11)10-7-22-17(20)14(10)16(19)12-2-1-5-21-12/h1-6,10,14,16,19H,7-8H2/t10-,14-,16-/m0/s1. The zero-order chi connectivity index (χ0) is 16.7. The fourth-order valence-electron chi connectivity index (χ4n) is 3.02. The molecular weight excluding hydrogens is 316 g/mol. The summed E-state index contributed by atoms with van der Waals surface area (Å²) in [6.07, 6.45) is 0.158. The number of benzene rings is 1. The highest BCUT2D eigenvalue weighted by Gasteiger charge is 2.47. The zero-order valence-electron chi connectivity index (χ0n) is 12.5. The van der Waals surface area contributed by atoms with E-state index in [9.17, 15) is 14.7 Å². The van der Waals surface area contributed by atoms with Gasteiger partial charge in [-0.05, 0) is 30.3 Å². The molecule has 2 aliphatic rings. The molecule has 1 aromatic heterocycles. The maximum absolute atomic E-state index is 12.8. The third kappa shape index (κ3) is 2.33. The first-order valence-electron chi connectivity index (χ1n) is 7.47. The molecule has 7 nitrogen and oxygen atoms in total. The van der Waals surface area contributed by atoms with Crippen LogP contribution in [0.15, 0.2) is 41.0 Å². The van der Waals surface area contributed by atoms with Crippen molar-refractivity contribution in [3.05, 3.63) is 47.9 Å². The number of fused-ring (bicyclic) bond motifs is 1. The second-order valence-corrected chi connectivity index (χ2v) is 5.65. The van der Waals surface area contributed by atoms with Gasteiger partial charge in [0.2, 0.25) is 6.79 Å². The molecule has 1 aromatic carbocycles. The van der Waals surface area contributed by atoms with Crippen LogP contribution < -0.4 is 9.47 Å². The Balaban J connectivity index is 1.62. The van der Waals surface area contributed by atoms with Crippen LogP contribution in [0.25, 0.3) is 0 Å². The maximum atomic E-state index is 12.8. The number of ether oxygens (including phenoxy) is 3. The van der Waals surface area contributed by atoms with Gasteiger partial charge in [-0.25, -0.2) is 0 Å². The summed E-state index contributed by atoms with van der Waals surface area (Å²) < 4.78 is 20.6. The van der Waals surface area contributed by atoms with Gasteiger partial charge in [0.15, 0.2) is 17.3 Å². The molecule has 1 saturated heterocycles.